The lowest BCUT2D eigenvalue weighted by atomic mass is 10.2. The zero-order valence-corrected chi connectivity index (χ0v) is 18.7. The normalized spacial score (nSPS) is 13.0. The largest absolute Gasteiger partial charge is 0.484 e. The van der Waals surface area contributed by atoms with E-state index < -0.39 is 10.0 Å². The molecule has 1 N–H and O–H groups in total. The summed E-state index contributed by atoms with van der Waals surface area (Å²) in [6.45, 7) is 2.39. The van der Waals surface area contributed by atoms with Gasteiger partial charge < -0.3 is 14.4 Å². The Balaban J connectivity index is 1.36. The molecule has 1 amide bonds. The molecule has 1 aliphatic heterocycles. The van der Waals surface area contributed by atoms with Crippen LogP contribution in [0.15, 0.2) is 71.6 Å². The third-order valence-electron chi connectivity index (χ3n) is 5.27. The van der Waals surface area contributed by atoms with Crippen LogP contribution in [-0.2, 0) is 21.2 Å². The third kappa shape index (κ3) is 4.76. The number of nitrogens with one attached hydrogen (secondary N) is 1. The average molecular weight is 453 g/mol. The highest BCUT2D eigenvalue weighted by Crippen LogP contribution is 2.30. The second kappa shape index (κ2) is 9.02. The molecule has 7 nitrogen and oxygen atoms in total. The lowest BCUT2D eigenvalue weighted by Crippen LogP contribution is -2.33. The molecule has 32 heavy (non-hydrogen) atoms. The van der Waals surface area contributed by atoms with Crippen LogP contribution in [0.5, 0.6) is 17.2 Å². The van der Waals surface area contributed by atoms with Gasteiger partial charge in [0, 0.05) is 12.2 Å². The van der Waals surface area contributed by atoms with Crippen molar-refractivity contribution in [2.45, 2.75) is 18.2 Å². The molecule has 0 saturated carbocycles. The predicted octanol–water partition coefficient (Wildman–Crippen LogP) is 3.66. The topological polar surface area (TPSA) is 84.9 Å². The first-order chi connectivity index (χ1) is 15.4. The number of sulfonamides is 1. The van der Waals surface area contributed by atoms with Crippen LogP contribution in [0.2, 0.25) is 0 Å². The van der Waals surface area contributed by atoms with E-state index in [1.165, 1.54) is 13.1 Å². The van der Waals surface area contributed by atoms with E-state index >= 15 is 0 Å². The van der Waals surface area contributed by atoms with Gasteiger partial charge in [-0.05, 0) is 80.6 Å². The summed E-state index contributed by atoms with van der Waals surface area (Å²) < 4.78 is 37.7. The minimum Gasteiger partial charge on any atom is -0.484 e. The monoisotopic (exact) mass is 452 g/mol. The van der Waals surface area contributed by atoms with Crippen LogP contribution in [0.1, 0.15) is 11.1 Å². The number of hydrogen-bond acceptors (Lipinski definition) is 5. The molecule has 1 aliphatic rings. The van der Waals surface area contributed by atoms with E-state index in [-0.39, 0.29) is 17.4 Å². The number of hydrogen-bond donors (Lipinski definition) is 1. The number of benzene rings is 3. The van der Waals surface area contributed by atoms with E-state index in [2.05, 4.69) is 4.72 Å². The Morgan fingerprint density at radius 1 is 0.969 bits per heavy atom. The molecule has 0 bridgehead atoms. The summed E-state index contributed by atoms with van der Waals surface area (Å²) in [7, 11) is -2.15. The van der Waals surface area contributed by atoms with Crippen molar-refractivity contribution < 1.29 is 22.7 Å². The molecule has 0 aliphatic carbocycles. The number of anilines is 1. The summed E-state index contributed by atoms with van der Waals surface area (Å²) >= 11 is 0. The summed E-state index contributed by atoms with van der Waals surface area (Å²) in [6.07, 6.45) is 0.596. The van der Waals surface area contributed by atoms with Crippen molar-refractivity contribution in [2.24, 2.45) is 0 Å². The zero-order valence-electron chi connectivity index (χ0n) is 17.9. The number of carbonyl (C=O) groups is 1. The molecule has 0 atom stereocenters. The lowest BCUT2D eigenvalue weighted by molar-refractivity contribution is -0.120. The molecular formula is C24H24N2O5S. The molecule has 0 radical (unpaired) electrons. The van der Waals surface area contributed by atoms with E-state index in [0.29, 0.717) is 24.5 Å². The van der Waals surface area contributed by atoms with Crippen molar-refractivity contribution in [1.29, 1.82) is 0 Å². The third-order valence-corrected chi connectivity index (χ3v) is 6.68. The first-order valence-electron chi connectivity index (χ1n) is 10.2. The zero-order chi connectivity index (χ0) is 22.7. The second-order valence-electron chi connectivity index (χ2n) is 7.47. The van der Waals surface area contributed by atoms with Crippen LogP contribution in [0.3, 0.4) is 0 Å². The number of nitrogens with zero attached hydrogens (tertiary/aromatic N) is 1. The molecular weight excluding hydrogens is 428 g/mol. The minimum atomic E-state index is -3.52. The first kappa shape index (κ1) is 21.9. The molecule has 0 aromatic heterocycles. The molecule has 8 heteroatoms. The molecule has 0 unspecified atom stereocenters. The van der Waals surface area contributed by atoms with Crippen molar-refractivity contribution in [3.05, 3.63) is 77.9 Å². The Kier molecular flexibility index (Phi) is 6.16. The SMILES string of the molecule is CNS(=O)(=O)c1ccc2c(c1)CCN2C(=O)COc1ccc(Oc2ccc(C)cc2)cc1. The maximum Gasteiger partial charge on any atom is 0.264 e. The van der Waals surface area contributed by atoms with Crippen LogP contribution >= 0.6 is 0 Å². The maximum absolute atomic E-state index is 12.7. The van der Waals surface area contributed by atoms with Crippen molar-refractivity contribution in [3.63, 3.8) is 0 Å². The van der Waals surface area contributed by atoms with Crippen LogP contribution in [0, 0.1) is 6.92 Å². The highest BCUT2D eigenvalue weighted by molar-refractivity contribution is 7.89. The molecule has 4 rings (SSSR count). The number of amides is 1. The smallest absolute Gasteiger partial charge is 0.264 e. The standard InChI is InChI=1S/C24H24N2O5S/c1-17-3-5-20(6-4-17)31-21-9-7-19(8-10-21)30-16-24(27)26-14-13-18-15-22(11-12-23(18)26)32(28,29)25-2/h3-12,15,25H,13-14,16H2,1-2H3. The number of ether oxygens (including phenoxy) is 2. The molecule has 0 spiro atoms. The van der Waals surface area contributed by atoms with E-state index in [4.69, 9.17) is 9.47 Å². The van der Waals surface area contributed by atoms with Gasteiger partial charge in [-0.3, -0.25) is 4.79 Å². The Labute approximate surface area is 187 Å². The minimum absolute atomic E-state index is 0.117. The summed E-state index contributed by atoms with van der Waals surface area (Å²) in [5.41, 5.74) is 2.71. The van der Waals surface area contributed by atoms with Gasteiger partial charge in [0.05, 0.1) is 4.90 Å². The van der Waals surface area contributed by atoms with Gasteiger partial charge in [0.25, 0.3) is 5.91 Å². The van der Waals surface area contributed by atoms with Crippen LogP contribution in [-0.4, -0.2) is 34.5 Å². The van der Waals surface area contributed by atoms with Crippen LogP contribution in [0.25, 0.3) is 0 Å². The Hall–Kier alpha value is -3.36. The molecule has 3 aromatic carbocycles. The molecule has 0 fully saturated rings. The van der Waals surface area contributed by atoms with Crippen molar-refractivity contribution in [3.8, 4) is 17.2 Å². The molecule has 1 heterocycles. The van der Waals surface area contributed by atoms with Crippen LogP contribution < -0.4 is 19.1 Å². The van der Waals surface area contributed by atoms with Gasteiger partial charge in [0.15, 0.2) is 6.61 Å². The van der Waals surface area contributed by atoms with Gasteiger partial charge in [-0.25, -0.2) is 13.1 Å². The number of aryl methyl sites for hydroxylation is 1. The van der Waals surface area contributed by atoms with Gasteiger partial charge in [0.2, 0.25) is 10.0 Å². The fraction of sp³-hybridized carbons (Fsp3) is 0.208. The quantitative estimate of drug-likeness (QED) is 0.591. The van der Waals surface area contributed by atoms with Crippen LogP contribution in [0.4, 0.5) is 5.69 Å². The van der Waals surface area contributed by atoms with E-state index in [9.17, 15) is 13.2 Å². The number of fused-ring (bicyclic) bond motifs is 1. The fourth-order valence-electron chi connectivity index (χ4n) is 3.49. The Morgan fingerprint density at radius 2 is 1.59 bits per heavy atom. The highest BCUT2D eigenvalue weighted by atomic mass is 32.2. The van der Waals surface area contributed by atoms with E-state index in [0.717, 1.165) is 22.6 Å². The highest BCUT2D eigenvalue weighted by Gasteiger charge is 2.26. The van der Waals surface area contributed by atoms with Crippen molar-refractivity contribution in [2.75, 3.05) is 25.1 Å². The van der Waals surface area contributed by atoms with Gasteiger partial charge in [-0.15, -0.1) is 0 Å². The van der Waals surface area contributed by atoms with Gasteiger partial charge in [-0.2, -0.15) is 0 Å². The maximum atomic E-state index is 12.7. The number of rotatable bonds is 7. The summed E-state index contributed by atoms with van der Waals surface area (Å²) in [5, 5.41) is 0. The fourth-order valence-corrected chi connectivity index (χ4v) is 4.27. The van der Waals surface area contributed by atoms with Crippen molar-refractivity contribution in [1.82, 2.24) is 4.72 Å². The average Bonchev–Trinajstić information content (AvgIpc) is 3.23. The van der Waals surface area contributed by atoms with Gasteiger partial charge in [0.1, 0.15) is 17.2 Å². The lowest BCUT2D eigenvalue weighted by Gasteiger charge is -2.18. The first-order valence-corrected chi connectivity index (χ1v) is 11.7. The van der Waals surface area contributed by atoms with Crippen molar-refractivity contribution >= 4 is 21.6 Å². The molecule has 0 saturated heterocycles. The Morgan fingerprint density at radius 3 is 2.25 bits per heavy atom. The van der Waals surface area contributed by atoms with E-state index in [1.54, 1.807) is 41.3 Å². The molecule has 3 aromatic rings. The second-order valence-corrected chi connectivity index (χ2v) is 9.36. The van der Waals surface area contributed by atoms with Gasteiger partial charge in [-0.1, -0.05) is 17.7 Å². The predicted molar refractivity (Wildman–Crippen MR) is 122 cm³/mol. The summed E-state index contributed by atoms with van der Waals surface area (Å²) in [5.74, 6) is 1.79. The van der Waals surface area contributed by atoms with E-state index in [1.807, 2.05) is 31.2 Å². The number of carbonyl (C=O) groups excluding carboxylic acids is 1. The van der Waals surface area contributed by atoms with Gasteiger partial charge >= 0.3 is 0 Å². The summed E-state index contributed by atoms with van der Waals surface area (Å²) in [4.78, 5) is 14.5. The summed E-state index contributed by atoms with van der Waals surface area (Å²) in [6, 6.07) is 19.6. The molecule has 166 valence electrons. The Bertz CT molecular complexity index is 1220.